The van der Waals surface area contributed by atoms with Crippen LogP contribution in [0.3, 0.4) is 0 Å². The van der Waals surface area contributed by atoms with Crippen LogP contribution in [0.5, 0.6) is 0 Å². The number of rotatable bonds is 1. The van der Waals surface area contributed by atoms with Gasteiger partial charge in [-0.05, 0) is 43.2 Å². The number of hydrogen-bond donors (Lipinski definition) is 0. The fraction of sp³-hybridized carbons (Fsp3) is 0.429. The average molecular weight is 202 g/mol. The van der Waals surface area contributed by atoms with Crippen molar-refractivity contribution >= 4 is 0 Å². The summed E-state index contributed by atoms with van der Waals surface area (Å²) in [6.45, 7) is 0.843. The van der Waals surface area contributed by atoms with Gasteiger partial charge >= 0.3 is 0 Å². The topological polar surface area (TPSA) is 9.23 Å². The molecule has 0 saturated heterocycles. The molecule has 1 atom stereocenters. The van der Waals surface area contributed by atoms with Crippen LogP contribution in [0.2, 0.25) is 0 Å². The van der Waals surface area contributed by atoms with Crippen LogP contribution in [0.15, 0.2) is 42.7 Å². The Morgan fingerprint density at radius 2 is 1.93 bits per heavy atom. The van der Waals surface area contributed by atoms with Crippen LogP contribution in [-0.4, -0.2) is 6.61 Å². The Kier molecular flexibility index (Phi) is 3.84. The zero-order chi connectivity index (χ0) is 10.3. The first kappa shape index (κ1) is 10.3. The minimum absolute atomic E-state index is 0.672. The molecule has 0 fully saturated rings. The van der Waals surface area contributed by atoms with Crippen LogP contribution >= 0.6 is 0 Å². The Labute approximate surface area is 91.8 Å². The summed E-state index contributed by atoms with van der Waals surface area (Å²) in [6.07, 6.45) is 8.80. The van der Waals surface area contributed by atoms with Gasteiger partial charge in [-0.3, -0.25) is 0 Å². The predicted octanol–water partition coefficient (Wildman–Crippen LogP) is 3.87. The summed E-state index contributed by atoms with van der Waals surface area (Å²) in [5.41, 5.74) is 1.46. The number of allylic oxidation sites excluding steroid dienone is 1. The third kappa shape index (κ3) is 3.12. The molecule has 0 radical (unpaired) electrons. The summed E-state index contributed by atoms with van der Waals surface area (Å²) in [7, 11) is 0. The molecule has 1 aliphatic heterocycles. The monoisotopic (exact) mass is 202 g/mol. The number of benzene rings is 1. The van der Waals surface area contributed by atoms with E-state index >= 15 is 0 Å². The van der Waals surface area contributed by atoms with Crippen molar-refractivity contribution < 1.29 is 4.74 Å². The van der Waals surface area contributed by atoms with Crippen molar-refractivity contribution in [3.63, 3.8) is 0 Å². The normalized spacial score (nSPS) is 22.3. The lowest BCUT2D eigenvalue weighted by atomic mass is 9.91. The van der Waals surface area contributed by atoms with E-state index in [0.717, 1.165) is 19.4 Å². The lowest BCUT2D eigenvalue weighted by molar-refractivity contribution is 0.235. The quantitative estimate of drug-likeness (QED) is 0.671. The van der Waals surface area contributed by atoms with Crippen molar-refractivity contribution in [2.24, 2.45) is 0 Å². The van der Waals surface area contributed by atoms with E-state index < -0.39 is 0 Å². The van der Waals surface area contributed by atoms with Gasteiger partial charge in [0.2, 0.25) is 0 Å². The maximum Gasteiger partial charge on any atom is 0.0879 e. The first-order valence-corrected chi connectivity index (χ1v) is 5.78. The van der Waals surface area contributed by atoms with Crippen LogP contribution in [0.1, 0.15) is 37.2 Å². The van der Waals surface area contributed by atoms with Crippen LogP contribution in [0, 0.1) is 0 Å². The van der Waals surface area contributed by atoms with Gasteiger partial charge in [-0.15, -0.1) is 0 Å². The van der Waals surface area contributed by atoms with Crippen LogP contribution in [-0.2, 0) is 4.74 Å². The van der Waals surface area contributed by atoms with Crippen molar-refractivity contribution in [2.75, 3.05) is 6.61 Å². The minimum Gasteiger partial charge on any atom is -0.502 e. The highest BCUT2D eigenvalue weighted by Crippen LogP contribution is 2.26. The largest absolute Gasteiger partial charge is 0.502 e. The summed E-state index contributed by atoms with van der Waals surface area (Å²) in [4.78, 5) is 0. The predicted molar refractivity (Wildman–Crippen MR) is 62.7 cm³/mol. The molecule has 1 heteroatoms. The van der Waals surface area contributed by atoms with E-state index in [9.17, 15) is 0 Å². The average Bonchev–Trinajstić information content (AvgIpc) is 2.43. The van der Waals surface area contributed by atoms with E-state index in [1.165, 1.54) is 18.4 Å². The SMILES string of the molecule is C1=COCCC(c2ccccc2)CCC1. The van der Waals surface area contributed by atoms with E-state index in [4.69, 9.17) is 4.74 Å². The molecule has 1 aromatic carbocycles. The zero-order valence-corrected chi connectivity index (χ0v) is 9.06. The molecule has 0 amide bonds. The molecule has 2 rings (SSSR count). The summed E-state index contributed by atoms with van der Waals surface area (Å²) in [5.74, 6) is 0.672. The second kappa shape index (κ2) is 5.59. The molecule has 0 aromatic heterocycles. The molecule has 0 bridgehead atoms. The standard InChI is InChI=1S/C14H18O/c1-3-7-13(8-4-1)14-9-5-2-6-11-15-12-10-14/h1,3-4,6-8,11,14H,2,5,9-10,12H2. The maximum atomic E-state index is 5.43. The molecular weight excluding hydrogens is 184 g/mol. The van der Waals surface area contributed by atoms with Gasteiger partial charge in [-0.2, -0.15) is 0 Å². The summed E-state index contributed by atoms with van der Waals surface area (Å²) in [6, 6.07) is 10.8. The summed E-state index contributed by atoms with van der Waals surface area (Å²) < 4.78 is 5.43. The lowest BCUT2D eigenvalue weighted by Gasteiger charge is -2.15. The second-order valence-corrected chi connectivity index (χ2v) is 4.07. The van der Waals surface area contributed by atoms with E-state index in [1.807, 2.05) is 6.26 Å². The van der Waals surface area contributed by atoms with Gasteiger partial charge in [0.15, 0.2) is 0 Å². The van der Waals surface area contributed by atoms with E-state index in [-0.39, 0.29) is 0 Å². The Hall–Kier alpha value is -1.24. The summed E-state index contributed by atoms with van der Waals surface area (Å²) >= 11 is 0. The van der Waals surface area contributed by atoms with Crippen molar-refractivity contribution in [3.05, 3.63) is 48.2 Å². The first-order valence-electron chi connectivity index (χ1n) is 5.78. The molecule has 1 unspecified atom stereocenters. The first-order chi connectivity index (χ1) is 7.47. The highest BCUT2D eigenvalue weighted by atomic mass is 16.5. The maximum absolute atomic E-state index is 5.43. The fourth-order valence-corrected chi connectivity index (χ4v) is 2.10. The van der Waals surface area contributed by atoms with Gasteiger partial charge in [0.1, 0.15) is 0 Å². The molecule has 0 spiro atoms. The molecular formula is C14H18O. The van der Waals surface area contributed by atoms with Gasteiger partial charge < -0.3 is 4.74 Å². The minimum atomic E-state index is 0.672. The van der Waals surface area contributed by atoms with Crippen LogP contribution < -0.4 is 0 Å². The van der Waals surface area contributed by atoms with Gasteiger partial charge in [-0.25, -0.2) is 0 Å². The smallest absolute Gasteiger partial charge is 0.0879 e. The molecule has 1 aromatic rings. The molecule has 1 heterocycles. The Bertz CT molecular complexity index is 290. The van der Waals surface area contributed by atoms with Crippen molar-refractivity contribution in [3.8, 4) is 0 Å². The molecule has 0 aliphatic carbocycles. The zero-order valence-electron chi connectivity index (χ0n) is 9.06. The Morgan fingerprint density at radius 1 is 1.07 bits per heavy atom. The fourth-order valence-electron chi connectivity index (χ4n) is 2.10. The number of ether oxygens (including phenoxy) is 1. The van der Waals surface area contributed by atoms with Crippen molar-refractivity contribution in [2.45, 2.75) is 31.6 Å². The highest BCUT2D eigenvalue weighted by Gasteiger charge is 2.11. The van der Waals surface area contributed by atoms with Gasteiger partial charge in [0.25, 0.3) is 0 Å². The lowest BCUT2D eigenvalue weighted by Crippen LogP contribution is -2.02. The van der Waals surface area contributed by atoms with Crippen molar-refractivity contribution in [1.82, 2.24) is 0 Å². The van der Waals surface area contributed by atoms with Gasteiger partial charge in [0.05, 0.1) is 12.9 Å². The van der Waals surface area contributed by atoms with Gasteiger partial charge in [-0.1, -0.05) is 30.3 Å². The third-order valence-electron chi connectivity index (χ3n) is 2.97. The molecule has 80 valence electrons. The molecule has 0 saturated carbocycles. The Balaban J connectivity index is 2.01. The van der Waals surface area contributed by atoms with E-state index in [1.54, 1.807) is 0 Å². The van der Waals surface area contributed by atoms with Crippen LogP contribution in [0.25, 0.3) is 0 Å². The molecule has 15 heavy (non-hydrogen) atoms. The highest BCUT2D eigenvalue weighted by molar-refractivity contribution is 5.19. The molecule has 1 nitrogen and oxygen atoms in total. The second-order valence-electron chi connectivity index (χ2n) is 4.07. The molecule has 1 aliphatic rings. The van der Waals surface area contributed by atoms with E-state index in [0.29, 0.717) is 5.92 Å². The van der Waals surface area contributed by atoms with Gasteiger partial charge in [0, 0.05) is 0 Å². The summed E-state index contributed by atoms with van der Waals surface area (Å²) in [5, 5.41) is 0. The molecule has 0 N–H and O–H groups in total. The van der Waals surface area contributed by atoms with Crippen molar-refractivity contribution in [1.29, 1.82) is 0 Å². The van der Waals surface area contributed by atoms with Crippen LogP contribution in [0.4, 0.5) is 0 Å². The van der Waals surface area contributed by atoms with E-state index in [2.05, 4.69) is 36.4 Å². The number of hydrogen-bond acceptors (Lipinski definition) is 1. The Morgan fingerprint density at radius 3 is 2.80 bits per heavy atom. The third-order valence-corrected chi connectivity index (χ3v) is 2.97.